The molecule has 1 aromatic carbocycles. The number of hydrogen-bond acceptors (Lipinski definition) is 5. The van der Waals surface area contributed by atoms with Gasteiger partial charge in [0.2, 0.25) is 0 Å². The van der Waals surface area contributed by atoms with E-state index in [9.17, 15) is 20.0 Å². The summed E-state index contributed by atoms with van der Waals surface area (Å²) in [5.74, 6) is -0.185. The lowest BCUT2D eigenvalue weighted by Gasteiger charge is -2.37. The van der Waals surface area contributed by atoms with Crippen LogP contribution in [0.5, 0.6) is 0 Å². The van der Waals surface area contributed by atoms with E-state index < -0.39 is 4.92 Å². The fourth-order valence-corrected chi connectivity index (χ4v) is 2.90. The van der Waals surface area contributed by atoms with Crippen LogP contribution in [0, 0.1) is 10.1 Å². The topological polar surface area (TPSA) is 83.7 Å². The zero-order valence-corrected chi connectivity index (χ0v) is 12.1. The third-order valence-corrected chi connectivity index (χ3v) is 3.98. The van der Waals surface area contributed by atoms with Gasteiger partial charge >= 0.3 is 0 Å². The molecule has 6 nitrogen and oxygen atoms in total. The number of ketones is 1. The van der Waals surface area contributed by atoms with E-state index in [0.29, 0.717) is 17.7 Å². The van der Waals surface area contributed by atoms with Gasteiger partial charge in [0.05, 0.1) is 4.92 Å². The Bertz CT molecular complexity index is 542. The number of aliphatic hydroxyl groups is 1. The number of carbonyl (C=O) groups excluding carboxylic acids is 1. The van der Waals surface area contributed by atoms with Crippen LogP contribution < -0.4 is 4.90 Å². The molecule has 1 fully saturated rings. The number of anilines is 1. The Morgan fingerprint density at radius 1 is 1.48 bits per heavy atom. The molecule has 1 saturated heterocycles. The van der Waals surface area contributed by atoms with Crippen molar-refractivity contribution in [1.29, 1.82) is 0 Å². The molecule has 6 heteroatoms. The van der Waals surface area contributed by atoms with Crippen molar-refractivity contribution in [3.8, 4) is 0 Å². The molecular weight excluding hydrogens is 272 g/mol. The number of rotatable bonds is 5. The van der Waals surface area contributed by atoms with Crippen LogP contribution in [0.15, 0.2) is 18.2 Å². The van der Waals surface area contributed by atoms with E-state index in [1.54, 1.807) is 12.1 Å². The van der Waals surface area contributed by atoms with Crippen LogP contribution in [0.25, 0.3) is 0 Å². The zero-order chi connectivity index (χ0) is 15.4. The molecule has 1 heterocycles. The fraction of sp³-hybridized carbons (Fsp3) is 0.533. The van der Waals surface area contributed by atoms with E-state index in [1.807, 2.05) is 4.90 Å². The van der Waals surface area contributed by atoms with Crippen LogP contribution >= 0.6 is 0 Å². The molecule has 0 saturated carbocycles. The molecule has 0 amide bonds. The Hall–Kier alpha value is -1.95. The number of hydrogen-bond donors (Lipinski definition) is 1. The fourth-order valence-electron chi connectivity index (χ4n) is 2.90. The smallest absolute Gasteiger partial charge is 0.293 e. The van der Waals surface area contributed by atoms with Gasteiger partial charge in [0.1, 0.15) is 5.69 Å². The van der Waals surface area contributed by atoms with Crippen LogP contribution in [0.1, 0.15) is 43.0 Å². The highest BCUT2D eigenvalue weighted by atomic mass is 16.6. The van der Waals surface area contributed by atoms with E-state index >= 15 is 0 Å². The molecule has 1 aliphatic heterocycles. The molecule has 2 rings (SSSR count). The Morgan fingerprint density at radius 2 is 2.24 bits per heavy atom. The minimum atomic E-state index is -0.438. The average molecular weight is 292 g/mol. The lowest BCUT2D eigenvalue weighted by molar-refractivity contribution is -0.384. The van der Waals surface area contributed by atoms with Gasteiger partial charge in [0, 0.05) is 30.8 Å². The first-order chi connectivity index (χ1) is 10.0. The molecule has 0 aromatic heterocycles. The molecule has 21 heavy (non-hydrogen) atoms. The Morgan fingerprint density at radius 3 is 2.86 bits per heavy atom. The molecule has 114 valence electrons. The van der Waals surface area contributed by atoms with E-state index in [1.165, 1.54) is 13.0 Å². The second-order valence-corrected chi connectivity index (χ2v) is 5.37. The molecule has 1 N–H and O–H groups in total. The van der Waals surface area contributed by atoms with E-state index in [0.717, 1.165) is 25.8 Å². The molecule has 0 bridgehead atoms. The number of Topliss-reactive ketones (excluding diaryl/α,β-unsaturated/α-hetero) is 1. The lowest BCUT2D eigenvalue weighted by atomic mass is 9.98. The summed E-state index contributed by atoms with van der Waals surface area (Å²) < 4.78 is 0. The Labute approximate surface area is 123 Å². The first kappa shape index (κ1) is 15.4. The molecular formula is C15H20N2O4. The van der Waals surface area contributed by atoms with Gasteiger partial charge in [0.25, 0.3) is 5.69 Å². The van der Waals surface area contributed by atoms with Crippen molar-refractivity contribution in [2.75, 3.05) is 18.1 Å². The van der Waals surface area contributed by atoms with Gasteiger partial charge in [-0.2, -0.15) is 0 Å². The highest BCUT2D eigenvalue weighted by molar-refractivity contribution is 5.95. The minimum absolute atomic E-state index is 0.0347. The maximum Gasteiger partial charge on any atom is 0.293 e. The van der Waals surface area contributed by atoms with Gasteiger partial charge in [-0.1, -0.05) is 0 Å². The van der Waals surface area contributed by atoms with Gasteiger partial charge in [-0.25, -0.2) is 0 Å². The number of nitrogens with zero attached hydrogens (tertiary/aromatic N) is 2. The van der Waals surface area contributed by atoms with Crippen LogP contribution in [0.4, 0.5) is 11.4 Å². The van der Waals surface area contributed by atoms with Crippen molar-refractivity contribution in [1.82, 2.24) is 0 Å². The predicted molar refractivity (Wildman–Crippen MR) is 79.8 cm³/mol. The van der Waals surface area contributed by atoms with Gasteiger partial charge < -0.3 is 10.0 Å². The standard InChI is InChI=1S/C15H20N2O4/c1-11(19)12-5-6-14(15(10-12)17(20)21)16-8-3-2-4-13(16)7-9-18/h5-6,10,13,18H,2-4,7-9H2,1H3. The third kappa shape index (κ3) is 3.39. The number of carbonyl (C=O) groups is 1. The average Bonchev–Trinajstić information content (AvgIpc) is 2.47. The Balaban J connectivity index is 2.41. The van der Waals surface area contributed by atoms with Crippen molar-refractivity contribution in [2.45, 2.75) is 38.6 Å². The predicted octanol–water partition coefficient (Wildman–Crippen LogP) is 2.54. The summed E-state index contributed by atoms with van der Waals surface area (Å²) in [6, 6.07) is 4.76. The third-order valence-electron chi connectivity index (χ3n) is 3.98. The highest BCUT2D eigenvalue weighted by Crippen LogP contribution is 2.34. The molecule has 0 aliphatic carbocycles. The largest absolute Gasteiger partial charge is 0.396 e. The van der Waals surface area contributed by atoms with E-state index in [2.05, 4.69) is 0 Å². The van der Waals surface area contributed by atoms with Gasteiger partial charge in [-0.15, -0.1) is 0 Å². The summed E-state index contributed by atoms with van der Waals surface area (Å²) in [6.07, 6.45) is 3.58. The normalized spacial score (nSPS) is 18.6. The lowest BCUT2D eigenvalue weighted by Crippen LogP contribution is -2.40. The summed E-state index contributed by atoms with van der Waals surface area (Å²) in [6.45, 7) is 2.21. The first-order valence-electron chi connectivity index (χ1n) is 7.21. The maximum atomic E-state index is 11.4. The summed E-state index contributed by atoms with van der Waals surface area (Å²) in [7, 11) is 0. The molecule has 0 radical (unpaired) electrons. The van der Waals surface area contributed by atoms with E-state index in [-0.39, 0.29) is 24.1 Å². The zero-order valence-electron chi connectivity index (χ0n) is 12.1. The van der Waals surface area contributed by atoms with Crippen molar-refractivity contribution in [3.05, 3.63) is 33.9 Å². The van der Waals surface area contributed by atoms with E-state index in [4.69, 9.17) is 0 Å². The summed E-state index contributed by atoms with van der Waals surface area (Å²) in [4.78, 5) is 24.3. The summed E-state index contributed by atoms with van der Waals surface area (Å²) >= 11 is 0. The Kier molecular flexibility index (Phi) is 4.90. The van der Waals surface area contributed by atoms with Crippen LogP contribution in [0.3, 0.4) is 0 Å². The number of benzene rings is 1. The number of piperidine rings is 1. The van der Waals surface area contributed by atoms with Gasteiger partial charge in [-0.3, -0.25) is 14.9 Å². The van der Waals surface area contributed by atoms with Crippen molar-refractivity contribution >= 4 is 17.2 Å². The molecule has 1 atom stereocenters. The quantitative estimate of drug-likeness (QED) is 0.512. The molecule has 1 aromatic rings. The van der Waals surface area contributed by atoms with Crippen molar-refractivity contribution in [3.63, 3.8) is 0 Å². The molecule has 1 unspecified atom stereocenters. The van der Waals surface area contributed by atoms with Crippen LogP contribution in [-0.2, 0) is 0 Å². The first-order valence-corrected chi connectivity index (χ1v) is 7.21. The molecule has 0 spiro atoms. The maximum absolute atomic E-state index is 11.4. The second-order valence-electron chi connectivity index (χ2n) is 5.37. The number of aliphatic hydroxyl groups excluding tert-OH is 1. The SMILES string of the molecule is CC(=O)c1ccc(N2CCCCC2CCO)c([N+](=O)[O-])c1. The number of nitro groups is 1. The summed E-state index contributed by atoms with van der Waals surface area (Å²) in [5, 5.41) is 20.5. The van der Waals surface area contributed by atoms with Crippen molar-refractivity contribution < 1.29 is 14.8 Å². The molecule has 1 aliphatic rings. The minimum Gasteiger partial charge on any atom is -0.396 e. The van der Waals surface area contributed by atoms with Crippen LogP contribution in [0.2, 0.25) is 0 Å². The monoisotopic (exact) mass is 292 g/mol. The second kappa shape index (κ2) is 6.67. The van der Waals surface area contributed by atoms with Crippen molar-refractivity contribution in [2.24, 2.45) is 0 Å². The summed E-state index contributed by atoms with van der Waals surface area (Å²) in [5.41, 5.74) is 0.858. The number of nitro benzene ring substituents is 1. The van der Waals surface area contributed by atoms with Gasteiger partial charge in [0.15, 0.2) is 5.78 Å². The van der Waals surface area contributed by atoms with Crippen LogP contribution in [-0.4, -0.2) is 35.0 Å². The van der Waals surface area contributed by atoms with Gasteiger partial charge in [-0.05, 0) is 44.7 Å². The highest BCUT2D eigenvalue weighted by Gasteiger charge is 2.28.